The number of hydrogen-bond acceptors (Lipinski definition) is 6. The van der Waals surface area contributed by atoms with Crippen LogP contribution in [0.4, 0.5) is 0 Å². The number of fused-ring (bicyclic) bond motifs is 3. The lowest BCUT2D eigenvalue weighted by Crippen LogP contribution is -2.43. The molecule has 8 heteroatoms. The molecule has 0 saturated carbocycles. The molecule has 3 rings (SSSR count). The molecular formula is C20H23NO6S. The summed E-state index contributed by atoms with van der Waals surface area (Å²) in [6, 6.07) is 4.23. The fourth-order valence-electron chi connectivity index (χ4n) is 3.39. The largest absolute Gasteiger partial charge is 0.484 e. The molecular weight excluding hydrogens is 382 g/mol. The van der Waals surface area contributed by atoms with E-state index < -0.39 is 17.9 Å². The summed E-state index contributed by atoms with van der Waals surface area (Å²) < 4.78 is 10.9. The average molecular weight is 405 g/mol. The van der Waals surface area contributed by atoms with Gasteiger partial charge >= 0.3 is 11.6 Å². The predicted molar refractivity (Wildman–Crippen MR) is 107 cm³/mol. The first-order valence-corrected chi connectivity index (χ1v) is 10.6. The van der Waals surface area contributed by atoms with E-state index in [1.165, 1.54) is 11.8 Å². The molecule has 1 aliphatic carbocycles. The first-order valence-electron chi connectivity index (χ1n) is 9.22. The Morgan fingerprint density at radius 3 is 2.75 bits per heavy atom. The maximum Gasteiger partial charge on any atom is 0.339 e. The molecule has 0 radical (unpaired) electrons. The van der Waals surface area contributed by atoms with Crippen LogP contribution in [0.2, 0.25) is 0 Å². The van der Waals surface area contributed by atoms with E-state index in [0.717, 1.165) is 42.2 Å². The minimum absolute atomic E-state index is 0.310. The van der Waals surface area contributed by atoms with Crippen molar-refractivity contribution >= 4 is 34.6 Å². The molecule has 1 atom stereocenters. The Morgan fingerprint density at radius 2 is 2.04 bits per heavy atom. The van der Waals surface area contributed by atoms with Crippen LogP contribution in [0.25, 0.3) is 11.0 Å². The summed E-state index contributed by atoms with van der Waals surface area (Å²) in [6.07, 6.45) is 5.85. The van der Waals surface area contributed by atoms with Crippen molar-refractivity contribution in [2.75, 3.05) is 18.6 Å². The number of carbonyl (C=O) groups is 2. The van der Waals surface area contributed by atoms with E-state index in [9.17, 15) is 14.4 Å². The lowest BCUT2D eigenvalue weighted by molar-refractivity contribution is -0.142. The van der Waals surface area contributed by atoms with Gasteiger partial charge in [-0.3, -0.25) is 4.79 Å². The molecule has 2 N–H and O–H groups in total. The van der Waals surface area contributed by atoms with Gasteiger partial charge in [-0.05, 0) is 61.8 Å². The smallest absolute Gasteiger partial charge is 0.339 e. The Bertz CT molecular complexity index is 938. The lowest BCUT2D eigenvalue weighted by Gasteiger charge is -2.16. The summed E-state index contributed by atoms with van der Waals surface area (Å²) >= 11 is 1.51. The summed E-state index contributed by atoms with van der Waals surface area (Å²) in [6.45, 7) is -0.316. The molecule has 0 fully saturated rings. The van der Waals surface area contributed by atoms with Crippen molar-refractivity contribution in [1.82, 2.24) is 5.32 Å². The quantitative estimate of drug-likeness (QED) is 0.650. The van der Waals surface area contributed by atoms with Crippen molar-refractivity contribution in [2.45, 2.75) is 38.1 Å². The Morgan fingerprint density at radius 1 is 1.29 bits per heavy atom. The van der Waals surface area contributed by atoms with Crippen LogP contribution in [0.3, 0.4) is 0 Å². The molecule has 2 aromatic rings. The third-order valence-corrected chi connectivity index (χ3v) is 5.45. The van der Waals surface area contributed by atoms with Crippen LogP contribution in [-0.2, 0) is 22.4 Å². The average Bonchev–Trinajstić information content (AvgIpc) is 2.69. The Labute approximate surface area is 166 Å². The van der Waals surface area contributed by atoms with Gasteiger partial charge in [-0.15, -0.1) is 0 Å². The number of carboxylic acids is 1. The molecule has 0 aliphatic heterocycles. The number of carboxylic acid groups (broad SMARTS) is 1. The van der Waals surface area contributed by atoms with E-state index in [1.54, 1.807) is 12.1 Å². The molecule has 150 valence electrons. The number of carbonyl (C=O) groups excluding carboxylic acids is 1. The van der Waals surface area contributed by atoms with Crippen molar-refractivity contribution in [3.8, 4) is 5.75 Å². The molecule has 1 aliphatic rings. The fraction of sp³-hybridized carbons (Fsp3) is 0.450. The van der Waals surface area contributed by atoms with Crippen LogP contribution in [0.1, 0.15) is 30.4 Å². The van der Waals surface area contributed by atoms with E-state index >= 15 is 0 Å². The standard InChI is InChI=1S/C20H23NO6S/c1-28-9-8-16(19(23)24)21-18(22)11-26-12-6-7-14-13-4-2-3-5-15(13)20(25)27-17(14)10-12/h6-7,10,16H,2-5,8-9,11H2,1H3,(H,21,22)(H,23,24). The summed E-state index contributed by atoms with van der Waals surface area (Å²) in [5.74, 6) is -0.565. The van der Waals surface area contributed by atoms with Crippen LogP contribution in [0, 0.1) is 0 Å². The third kappa shape index (κ3) is 4.67. The predicted octanol–water partition coefficient (Wildman–Crippen LogP) is 2.37. The molecule has 28 heavy (non-hydrogen) atoms. The van der Waals surface area contributed by atoms with E-state index in [2.05, 4.69) is 5.32 Å². The molecule has 1 aromatic carbocycles. The highest BCUT2D eigenvalue weighted by molar-refractivity contribution is 7.98. The number of nitrogens with one attached hydrogen (secondary N) is 1. The zero-order chi connectivity index (χ0) is 20.1. The normalized spacial score (nSPS) is 14.3. The van der Waals surface area contributed by atoms with Gasteiger partial charge in [0.25, 0.3) is 5.91 Å². The molecule has 0 bridgehead atoms. The summed E-state index contributed by atoms with van der Waals surface area (Å²) in [7, 11) is 0. The highest BCUT2D eigenvalue weighted by Crippen LogP contribution is 2.29. The summed E-state index contributed by atoms with van der Waals surface area (Å²) in [5, 5.41) is 12.5. The van der Waals surface area contributed by atoms with Gasteiger partial charge in [-0.25, -0.2) is 9.59 Å². The molecule has 1 aromatic heterocycles. The number of thioether (sulfide) groups is 1. The van der Waals surface area contributed by atoms with Crippen LogP contribution in [-0.4, -0.2) is 41.6 Å². The second-order valence-corrected chi connectivity index (χ2v) is 7.73. The summed E-state index contributed by atoms with van der Waals surface area (Å²) in [4.78, 5) is 35.4. The number of aliphatic carboxylic acids is 1. The van der Waals surface area contributed by atoms with Gasteiger partial charge in [0.2, 0.25) is 0 Å². The number of benzene rings is 1. The number of amides is 1. The van der Waals surface area contributed by atoms with E-state index in [1.807, 2.05) is 12.3 Å². The highest BCUT2D eigenvalue weighted by Gasteiger charge is 2.20. The van der Waals surface area contributed by atoms with Crippen molar-refractivity contribution in [3.05, 3.63) is 39.7 Å². The molecule has 1 amide bonds. The minimum Gasteiger partial charge on any atom is -0.484 e. The van der Waals surface area contributed by atoms with E-state index in [0.29, 0.717) is 23.5 Å². The van der Waals surface area contributed by atoms with Crippen molar-refractivity contribution < 1.29 is 23.8 Å². The van der Waals surface area contributed by atoms with Crippen LogP contribution >= 0.6 is 11.8 Å². The monoisotopic (exact) mass is 405 g/mol. The Hall–Kier alpha value is -2.48. The van der Waals surface area contributed by atoms with Crippen LogP contribution < -0.4 is 15.7 Å². The van der Waals surface area contributed by atoms with Crippen molar-refractivity contribution in [3.63, 3.8) is 0 Å². The Balaban J connectivity index is 1.68. The van der Waals surface area contributed by atoms with Gasteiger partial charge in [0.15, 0.2) is 6.61 Å². The molecule has 0 spiro atoms. The molecule has 0 saturated heterocycles. The number of aryl methyl sites for hydroxylation is 1. The number of hydrogen-bond donors (Lipinski definition) is 2. The molecule has 1 unspecified atom stereocenters. The third-order valence-electron chi connectivity index (χ3n) is 4.81. The maximum absolute atomic E-state index is 12.2. The van der Waals surface area contributed by atoms with Gasteiger partial charge in [-0.2, -0.15) is 11.8 Å². The van der Waals surface area contributed by atoms with Gasteiger partial charge in [-0.1, -0.05) is 0 Å². The summed E-state index contributed by atoms with van der Waals surface area (Å²) in [5.41, 5.74) is 1.93. The zero-order valence-electron chi connectivity index (χ0n) is 15.7. The molecule has 1 heterocycles. The number of rotatable bonds is 8. The maximum atomic E-state index is 12.2. The molecule has 7 nitrogen and oxygen atoms in total. The highest BCUT2D eigenvalue weighted by atomic mass is 32.2. The lowest BCUT2D eigenvalue weighted by atomic mass is 9.91. The zero-order valence-corrected chi connectivity index (χ0v) is 16.5. The van der Waals surface area contributed by atoms with Gasteiger partial charge in [0.05, 0.1) is 0 Å². The van der Waals surface area contributed by atoms with E-state index in [-0.39, 0.29) is 12.2 Å². The van der Waals surface area contributed by atoms with Crippen LogP contribution in [0.5, 0.6) is 5.75 Å². The van der Waals surface area contributed by atoms with E-state index in [4.69, 9.17) is 14.3 Å². The Kier molecular flexibility index (Phi) is 6.61. The first-order chi connectivity index (χ1) is 13.5. The van der Waals surface area contributed by atoms with Gasteiger partial charge < -0.3 is 19.6 Å². The number of ether oxygens (including phenoxy) is 1. The van der Waals surface area contributed by atoms with Crippen LogP contribution in [0.15, 0.2) is 27.4 Å². The van der Waals surface area contributed by atoms with Crippen molar-refractivity contribution in [1.29, 1.82) is 0 Å². The van der Waals surface area contributed by atoms with Gasteiger partial charge in [0.1, 0.15) is 17.4 Å². The fourth-order valence-corrected chi connectivity index (χ4v) is 3.86. The SMILES string of the molecule is CSCCC(NC(=O)COc1ccc2c3c(c(=O)oc2c1)CCCC3)C(=O)O. The second kappa shape index (κ2) is 9.14. The second-order valence-electron chi connectivity index (χ2n) is 6.74. The van der Waals surface area contributed by atoms with Gasteiger partial charge in [0, 0.05) is 17.0 Å². The minimum atomic E-state index is -1.07. The first kappa shape index (κ1) is 20.3. The van der Waals surface area contributed by atoms with Crippen molar-refractivity contribution in [2.24, 2.45) is 0 Å². The topological polar surface area (TPSA) is 106 Å².